The quantitative estimate of drug-likeness (QED) is 0.798. The number of carbonyl (C=O) groups is 1. The number of Topliss-reactive ketones (excluding diaryl/α,β-unsaturated/α-hetero) is 1. The molecule has 0 atom stereocenters. The lowest BCUT2D eigenvalue weighted by Crippen LogP contribution is -2.19. The maximum Gasteiger partial charge on any atom is 0.231 e. The van der Waals surface area contributed by atoms with E-state index in [0.29, 0.717) is 34.1 Å². The fourth-order valence-electron chi connectivity index (χ4n) is 2.69. The summed E-state index contributed by atoms with van der Waals surface area (Å²) in [5.74, 6) is 2.34. The third-order valence-electron chi connectivity index (χ3n) is 3.86. The van der Waals surface area contributed by atoms with Crippen LogP contribution in [0.15, 0.2) is 42.0 Å². The van der Waals surface area contributed by atoms with Crippen LogP contribution >= 0.6 is 0 Å². The molecule has 0 saturated heterocycles. The molecule has 2 heterocycles. The van der Waals surface area contributed by atoms with E-state index in [2.05, 4.69) is 0 Å². The third kappa shape index (κ3) is 2.30. The first kappa shape index (κ1) is 13.7. The van der Waals surface area contributed by atoms with Gasteiger partial charge >= 0.3 is 0 Å². The largest absolute Gasteiger partial charge is 0.496 e. The monoisotopic (exact) mass is 310 g/mol. The second-order valence-corrected chi connectivity index (χ2v) is 5.23. The van der Waals surface area contributed by atoms with E-state index in [9.17, 15) is 4.79 Å². The van der Waals surface area contributed by atoms with E-state index in [4.69, 9.17) is 18.9 Å². The van der Waals surface area contributed by atoms with Crippen molar-refractivity contribution in [2.45, 2.75) is 0 Å². The number of benzene rings is 2. The summed E-state index contributed by atoms with van der Waals surface area (Å²) in [6, 6.07) is 10.9. The SMILES string of the molecule is COc1ccccc1C=C1COc2cc3c(cc2C1=O)OCO3. The van der Waals surface area contributed by atoms with E-state index in [1.165, 1.54) is 0 Å². The molecule has 23 heavy (non-hydrogen) atoms. The molecule has 2 aromatic carbocycles. The Morgan fingerprint density at radius 2 is 1.83 bits per heavy atom. The lowest BCUT2D eigenvalue weighted by Gasteiger charge is -2.19. The van der Waals surface area contributed by atoms with E-state index in [1.807, 2.05) is 24.3 Å². The van der Waals surface area contributed by atoms with Gasteiger partial charge in [-0.1, -0.05) is 18.2 Å². The first-order chi connectivity index (χ1) is 11.3. The first-order valence-electron chi connectivity index (χ1n) is 7.21. The Balaban J connectivity index is 1.73. The van der Waals surface area contributed by atoms with Gasteiger partial charge in [-0.15, -0.1) is 0 Å². The van der Waals surface area contributed by atoms with Crippen LogP contribution in [0.5, 0.6) is 23.0 Å². The number of rotatable bonds is 2. The van der Waals surface area contributed by atoms with E-state index < -0.39 is 0 Å². The molecule has 0 bridgehead atoms. The summed E-state index contributed by atoms with van der Waals surface area (Å²) >= 11 is 0. The van der Waals surface area contributed by atoms with E-state index in [0.717, 1.165) is 5.56 Å². The van der Waals surface area contributed by atoms with Crippen LogP contribution in [-0.2, 0) is 0 Å². The van der Waals surface area contributed by atoms with Gasteiger partial charge in [-0.25, -0.2) is 0 Å². The third-order valence-corrected chi connectivity index (χ3v) is 3.86. The number of ketones is 1. The Labute approximate surface area is 133 Å². The van der Waals surface area contributed by atoms with Gasteiger partial charge in [0.25, 0.3) is 0 Å². The van der Waals surface area contributed by atoms with Gasteiger partial charge in [0.05, 0.1) is 12.7 Å². The predicted octanol–water partition coefficient (Wildman–Crippen LogP) is 3.08. The summed E-state index contributed by atoms with van der Waals surface area (Å²) in [5, 5.41) is 0. The fourth-order valence-corrected chi connectivity index (χ4v) is 2.69. The van der Waals surface area contributed by atoms with Gasteiger partial charge < -0.3 is 18.9 Å². The standard InChI is InChI=1S/C18H14O5/c1-20-14-5-3-2-4-11(14)6-12-9-21-15-8-17-16(22-10-23-17)7-13(15)18(12)19/h2-8H,9-10H2,1H3. The lowest BCUT2D eigenvalue weighted by atomic mass is 9.97. The summed E-state index contributed by atoms with van der Waals surface area (Å²) in [6.07, 6.45) is 1.80. The van der Waals surface area contributed by atoms with Crippen LogP contribution in [0.3, 0.4) is 0 Å². The van der Waals surface area contributed by atoms with Crippen LogP contribution in [0.1, 0.15) is 15.9 Å². The molecule has 0 unspecified atom stereocenters. The second-order valence-electron chi connectivity index (χ2n) is 5.23. The van der Waals surface area contributed by atoms with Gasteiger partial charge in [0.15, 0.2) is 17.3 Å². The van der Waals surface area contributed by atoms with Crippen LogP contribution in [-0.4, -0.2) is 26.3 Å². The van der Waals surface area contributed by atoms with Crippen molar-refractivity contribution in [2.24, 2.45) is 0 Å². The number of fused-ring (bicyclic) bond motifs is 2. The Bertz CT molecular complexity index is 822. The normalized spacial score (nSPS) is 16.9. The van der Waals surface area contributed by atoms with Crippen molar-refractivity contribution in [2.75, 3.05) is 20.5 Å². The van der Waals surface area contributed by atoms with Crippen LogP contribution < -0.4 is 18.9 Å². The molecule has 2 aliphatic rings. The molecule has 0 aliphatic carbocycles. The fraction of sp³-hybridized carbons (Fsp3) is 0.167. The molecule has 0 amide bonds. The van der Waals surface area contributed by atoms with Crippen molar-refractivity contribution in [3.8, 4) is 23.0 Å². The van der Waals surface area contributed by atoms with E-state index in [-0.39, 0.29) is 19.2 Å². The molecule has 5 heteroatoms. The van der Waals surface area contributed by atoms with Crippen molar-refractivity contribution in [3.63, 3.8) is 0 Å². The highest BCUT2D eigenvalue weighted by atomic mass is 16.7. The van der Waals surface area contributed by atoms with Gasteiger partial charge in [-0.05, 0) is 18.2 Å². The highest BCUT2D eigenvalue weighted by Gasteiger charge is 2.28. The lowest BCUT2D eigenvalue weighted by molar-refractivity contribution is 0.100. The predicted molar refractivity (Wildman–Crippen MR) is 83.4 cm³/mol. The highest BCUT2D eigenvalue weighted by Crippen LogP contribution is 2.41. The van der Waals surface area contributed by atoms with Gasteiger partial charge in [-0.2, -0.15) is 0 Å². The Hall–Kier alpha value is -2.95. The number of methoxy groups -OCH3 is 1. The first-order valence-corrected chi connectivity index (χ1v) is 7.21. The minimum Gasteiger partial charge on any atom is -0.496 e. The van der Waals surface area contributed by atoms with Crippen LogP contribution in [0.25, 0.3) is 6.08 Å². The summed E-state index contributed by atoms with van der Waals surface area (Å²) in [4.78, 5) is 12.7. The van der Waals surface area contributed by atoms with Crippen LogP contribution in [0.4, 0.5) is 0 Å². The Kier molecular flexibility index (Phi) is 3.19. The minimum atomic E-state index is -0.0737. The van der Waals surface area contributed by atoms with Crippen molar-refractivity contribution in [3.05, 3.63) is 53.1 Å². The molecule has 0 spiro atoms. The average molecular weight is 310 g/mol. The van der Waals surface area contributed by atoms with Crippen LogP contribution in [0, 0.1) is 0 Å². The molecule has 0 radical (unpaired) electrons. The number of ether oxygens (including phenoxy) is 4. The van der Waals surface area contributed by atoms with Gasteiger partial charge in [0.2, 0.25) is 6.79 Å². The number of para-hydroxylation sites is 1. The maximum atomic E-state index is 12.7. The van der Waals surface area contributed by atoms with Gasteiger partial charge in [-0.3, -0.25) is 4.79 Å². The molecule has 0 saturated carbocycles. The van der Waals surface area contributed by atoms with E-state index in [1.54, 1.807) is 25.3 Å². The van der Waals surface area contributed by atoms with Gasteiger partial charge in [0.1, 0.15) is 18.1 Å². The van der Waals surface area contributed by atoms with E-state index >= 15 is 0 Å². The van der Waals surface area contributed by atoms with Crippen LogP contribution in [0.2, 0.25) is 0 Å². The van der Waals surface area contributed by atoms with Gasteiger partial charge in [0, 0.05) is 17.2 Å². The van der Waals surface area contributed by atoms with Crippen molar-refractivity contribution in [1.82, 2.24) is 0 Å². The minimum absolute atomic E-state index is 0.0737. The second kappa shape index (κ2) is 5.35. The number of carbonyl (C=O) groups excluding carboxylic acids is 1. The topological polar surface area (TPSA) is 54.0 Å². The zero-order valence-electron chi connectivity index (χ0n) is 12.5. The summed E-state index contributed by atoms with van der Waals surface area (Å²) < 4.78 is 21.7. The molecule has 0 aromatic heterocycles. The molecular weight excluding hydrogens is 296 g/mol. The highest BCUT2D eigenvalue weighted by molar-refractivity contribution is 6.14. The summed E-state index contributed by atoms with van der Waals surface area (Å²) in [5.41, 5.74) is 1.90. The molecule has 0 fully saturated rings. The summed E-state index contributed by atoms with van der Waals surface area (Å²) in [6.45, 7) is 0.375. The number of hydrogen-bond donors (Lipinski definition) is 0. The zero-order chi connectivity index (χ0) is 15.8. The smallest absolute Gasteiger partial charge is 0.231 e. The average Bonchev–Trinajstić information content (AvgIpc) is 3.04. The molecule has 116 valence electrons. The molecule has 4 rings (SSSR count). The van der Waals surface area contributed by atoms with Crippen molar-refractivity contribution >= 4 is 11.9 Å². The molecular formula is C18H14O5. The molecule has 5 nitrogen and oxygen atoms in total. The maximum absolute atomic E-state index is 12.7. The number of hydrogen-bond acceptors (Lipinski definition) is 5. The Morgan fingerprint density at radius 3 is 2.65 bits per heavy atom. The molecule has 0 N–H and O–H groups in total. The Morgan fingerprint density at radius 1 is 1.04 bits per heavy atom. The van der Waals surface area contributed by atoms with Crippen molar-refractivity contribution in [1.29, 1.82) is 0 Å². The molecule has 2 aromatic rings. The van der Waals surface area contributed by atoms with Crippen molar-refractivity contribution < 1.29 is 23.7 Å². The molecule has 2 aliphatic heterocycles. The zero-order valence-corrected chi connectivity index (χ0v) is 12.5. The summed E-state index contributed by atoms with van der Waals surface area (Å²) in [7, 11) is 1.60.